The van der Waals surface area contributed by atoms with Crippen LogP contribution >= 0.6 is 0 Å². The summed E-state index contributed by atoms with van der Waals surface area (Å²) in [5.41, 5.74) is -0.0404. The van der Waals surface area contributed by atoms with Gasteiger partial charge in [0.2, 0.25) is 5.82 Å². The predicted molar refractivity (Wildman–Crippen MR) is 47.4 cm³/mol. The number of ether oxygens (including phenoxy) is 1. The van der Waals surface area contributed by atoms with Gasteiger partial charge < -0.3 is 4.74 Å². The third-order valence-corrected chi connectivity index (χ3v) is 1.70. The Hall–Kier alpha value is -1.71. The van der Waals surface area contributed by atoms with Gasteiger partial charge in [-0.15, -0.1) is 0 Å². The first-order valence-corrected chi connectivity index (χ1v) is 3.80. The fraction of sp³-hybridized carbons (Fsp3) is 0.100. The highest BCUT2D eigenvalue weighted by Gasteiger charge is 2.17. The molecule has 0 heterocycles. The standard InChI is InChI=1S/C10H8F2O2/c1-3-8(13)6-4-5-7(11)9(12)10(6)14-2/h3-5H,1H2,2H3. The number of carbonyl (C=O) groups is 1. The summed E-state index contributed by atoms with van der Waals surface area (Å²) in [7, 11) is 1.16. The number of carbonyl (C=O) groups excluding carboxylic acids is 1. The Balaban J connectivity index is 3.38. The average Bonchev–Trinajstić information content (AvgIpc) is 2.20. The molecule has 1 aromatic rings. The van der Waals surface area contributed by atoms with Gasteiger partial charge in [-0.25, -0.2) is 4.39 Å². The quantitative estimate of drug-likeness (QED) is 0.550. The van der Waals surface area contributed by atoms with E-state index in [1.165, 1.54) is 0 Å². The summed E-state index contributed by atoms with van der Waals surface area (Å²) in [5, 5.41) is 0. The Morgan fingerprint density at radius 2 is 2.14 bits per heavy atom. The van der Waals surface area contributed by atoms with E-state index in [4.69, 9.17) is 0 Å². The van der Waals surface area contributed by atoms with Gasteiger partial charge in [-0.3, -0.25) is 4.79 Å². The number of benzene rings is 1. The second-order valence-electron chi connectivity index (χ2n) is 2.51. The molecule has 0 bridgehead atoms. The lowest BCUT2D eigenvalue weighted by Crippen LogP contribution is -2.02. The summed E-state index contributed by atoms with van der Waals surface area (Å²) < 4.78 is 30.4. The molecule has 0 spiro atoms. The largest absolute Gasteiger partial charge is 0.493 e. The minimum Gasteiger partial charge on any atom is -0.493 e. The summed E-state index contributed by atoms with van der Waals surface area (Å²) >= 11 is 0. The zero-order valence-electron chi connectivity index (χ0n) is 7.51. The topological polar surface area (TPSA) is 26.3 Å². The van der Waals surface area contributed by atoms with Crippen molar-refractivity contribution in [2.45, 2.75) is 0 Å². The first-order chi connectivity index (χ1) is 6.61. The Morgan fingerprint density at radius 3 is 2.64 bits per heavy atom. The molecule has 2 nitrogen and oxygen atoms in total. The van der Waals surface area contributed by atoms with E-state index >= 15 is 0 Å². The smallest absolute Gasteiger partial charge is 0.201 e. The van der Waals surface area contributed by atoms with E-state index in [9.17, 15) is 13.6 Å². The molecule has 4 heteroatoms. The van der Waals surface area contributed by atoms with Crippen LogP contribution in [-0.2, 0) is 0 Å². The molecule has 0 aromatic heterocycles. The minimum absolute atomic E-state index is 0.0404. The van der Waals surface area contributed by atoms with Crippen molar-refractivity contribution in [2.75, 3.05) is 7.11 Å². The molecule has 0 saturated carbocycles. The van der Waals surface area contributed by atoms with Gasteiger partial charge in [-0.1, -0.05) is 6.58 Å². The van der Waals surface area contributed by atoms with Crippen molar-refractivity contribution >= 4 is 5.78 Å². The molecule has 0 unspecified atom stereocenters. The van der Waals surface area contributed by atoms with Gasteiger partial charge >= 0.3 is 0 Å². The van der Waals surface area contributed by atoms with Crippen molar-refractivity contribution in [3.05, 3.63) is 42.0 Å². The summed E-state index contributed by atoms with van der Waals surface area (Å²) in [6.45, 7) is 3.24. The van der Waals surface area contributed by atoms with Gasteiger partial charge in [-0.2, -0.15) is 4.39 Å². The Kier molecular flexibility index (Phi) is 2.96. The minimum atomic E-state index is -1.17. The van der Waals surface area contributed by atoms with Crippen molar-refractivity contribution in [2.24, 2.45) is 0 Å². The number of rotatable bonds is 3. The number of methoxy groups -OCH3 is 1. The third-order valence-electron chi connectivity index (χ3n) is 1.70. The highest BCUT2D eigenvalue weighted by atomic mass is 19.2. The van der Waals surface area contributed by atoms with Crippen LogP contribution in [0.5, 0.6) is 5.75 Å². The monoisotopic (exact) mass is 198 g/mol. The highest BCUT2D eigenvalue weighted by molar-refractivity contribution is 6.06. The zero-order valence-corrected chi connectivity index (χ0v) is 7.51. The van der Waals surface area contributed by atoms with E-state index in [0.717, 1.165) is 25.3 Å². The van der Waals surface area contributed by atoms with Crippen LogP contribution < -0.4 is 4.74 Å². The summed E-state index contributed by atoms with van der Waals surface area (Å²) in [6, 6.07) is 2.02. The van der Waals surface area contributed by atoms with Crippen LogP contribution in [0.4, 0.5) is 8.78 Å². The number of halogens is 2. The van der Waals surface area contributed by atoms with Crippen LogP contribution in [0.1, 0.15) is 10.4 Å². The lowest BCUT2D eigenvalue weighted by atomic mass is 10.1. The van der Waals surface area contributed by atoms with E-state index in [1.54, 1.807) is 0 Å². The normalized spacial score (nSPS) is 9.64. The molecule has 74 valence electrons. The van der Waals surface area contributed by atoms with E-state index in [-0.39, 0.29) is 5.56 Å². The molecule has 0 aliphatic carbocycles. The molecule has 0 aliphatic rings. The van der Waals surface area contributed by atoms with Gasteiger partial charge in [0.05, 0.1) is 12.7 Å². The van der Waals surface area contributed by atoms with Crippen LogP contribution in [0.25, 0.3) is 0 Å². The number of allylic oxidation sites excluding steroid dienone is 1. The Bertz CT molecular complexity index is 386. The van der Waals surface area contributed by atoms with Gasteiger partial charge in [-0.05, 0) is 18.2 Å². The van der Waals surface area contributed by atoms with Gasteiger partial charge in [0, 0.05) is 0 Å². The number of hydrogen-bond donors (Lipinski definition) is 0. The lowest BCUT2D eigenvalue weighted by molar-refractivity contribution is 0.104. The third kappa shape index (κ3) is 1.64. The fourth-order valence-electron chi connectivity index (χ4n) is 1.04. The number of hydrogen-bond acceptors (Lipinski definition) is 2. The fourth-order valence-corrected chi connectivity index (χ4v) is 1.04. The first-order valence-electron chi connectivity index (χ1n) is 3.80. The molecule has 0 N–H and O–H groups in total. The molecule has 0 saturated heterocycles. The molecule has 1 aromatic carbocycles. The summed E-state index contributed by atoms with van der Waals surface area (Å²) in [5.74, 6) is -3.13. The molecule has 0 aliphatic heterocycles. The van der Waals surface area contributed by atoms with E-state index in [2.05, 4.69) is 11.3 Å². The van der Waals surface area contributed by atoms with Crippen LogP contribution in [0.3, 0.4) is 0 Å². The van der Waals surface area contributed by atoms with Crippen LogP contribution in [0.2, 0.25) is 0 Å². The molecular weight excluding hydrogens is 190 g/mol. The maximum Gasteiger partial charge on any atom is 0.201 e. The molecule has 0 fully saturated rings. The van der Waals surface area contributed by atoms with Gasteiger partial charge in [0.15, 0.2) is 17.3 Å². The lowest BCUT2D eigenvalue weighted by Gasteiger charge is -2.06. The molecule has 0 atom stereocenters. The van der Waals surface area contributed by atoms with Crippen LogP contribution in [0, 0.1) is 11.6 Å². The Morgan fingerprint density at radius 1 is 1.50 bits per heavy atom. The van der Waals surface area contributed by atoms with Crippen molar-refractivity contribution < 1.29 is 18.3 Å². The van der Waals surface area contributed by atoms with Crippen molar-refractivity contribution in [1.82, 2.24) is 0 Å². The molecule has 0 amide bonds. The van der Waals surface area contributed by atoms with Crippen molar-refractivity contribution in [3.8, 4) is 5.75 Å². The maximum absolute atomic E-state index is 13.1. The van der Waals surface area contributed by atoms with Gasteiger partial charge in [0.1, 0.15) is 0 Å². The first kappa shape index (κ1) is 10.4. The highest BCUT2D eigenvalue weighted by Crippen LogP contribution is 2.25. The van der Waals surface area contributed by atoms with E-state index in [1.807, 2.05) is 0 Å². The van der Waals surface area contributed by atoms with Crippen LogP contribution in [0.15, 0.2) is 24.8 Å². The molecule has 14 heavy (non-hydrogen) atoms. The molecule has 0 radical (unpaired) electrons. The average molecular weight is 198 g/mol. The maximum atomic E-state index is 13.1. The second kappa shape index (κ2) is 4.00. The summed E-state index contributed by atoms with van der Waals surface area (Å²) in [6.07, 6.45) is 1.01. The summed E-state index contributed by atoms with van der Waals surface area (Å²) in [4.78, 5) is 11.2. The number of ketones is 1. The second-order valence-corrected chi connectivity index (χ2v) is 2.51. The Labute approximate surface area is 79.8 Å². The molecule has 1 rings (SSSR count). The SMILES string of the molecule is C=CC(=O)c1ccc(F)c(F)c1OC. The predicted octanol–water partition coefficient (Wildman–Crippen LogP) is 2.34. The zero-order chi connectivity index (χ0) is 10.7. The van der Waals surface area contributed by atoms with E-state index in [0.29, 0.717) is 0 Å². The van der Waals surface area contributed by atoms with E-state index < -0.39 is 23.2 Å². The van der Waals surface area contributed by atoms with Crippen LogP contribution in [-0.4, -0.2) is 12.9 Å². The molecular formula is C10H8F2O2. The van der Waals surface area contributed by atoms with Crippen molar-refractivity contribution in [3.63, 3.8) is 0 Å². The van der Waals surface area contributed by atoms with Crippen molar-refractivity contribution in [1.29, 1.82) is 0 Å². The van der Waals surface area contributed by atoms with Gasteiger partial charge in [0.25, 0.3) is 0 Å².